The molecule has 0 radical (unpaired) electrons. The highest BCUT2D eigenvalue weighted by Gasteiger charge is 2.24. The van der Waals surface area contributed by atoms with Gasteiger partial charge in [0.25, 0.3) is 5.91 Å². The van der Waals surface area contributed by atoms with Gasteiger partial charge >= 0.3 is 5.97 Å². The summed E-state index contributed by atoms with van der Waals surface area (Å²) < 4.78 is 5.01. The fraction of sp³-hybridized carbons (Fsp3) is 0.118. The number of hydrogen-bond acceptors (Lipinski definition) is 5. The van der Waals surface area contributed by atoms with Crippen molar-refractivity contribution >= 4 is 35.2 Å². The highest BCUT2D eigenvalue weighted by Crippen LogP contribution is 2.33. The molecule has 0 spiro atoms. The smallest absolute Gasteiger partial charge is 0.338 e. The van der Waals surface area contributed by atoms with Crippen molar-refractivity contribution in [3.05, 3.63) is 51.9 Å². The first-order valence-electron chi connectivity index (χ1n) is 7.05. The molecule has 0 unspecified atom stereocenters. The summed E-state index contributed by atoms with van der Waals surface area (Å²) in [5, 5.41) is 2.27. The Labute approximate surface area is 135 Å². The van der Waals surface area contributed by atoms with Crippen LogP contribution in [0.2, 0.25) is 0 Å². The molecule has 1 N–H and O–H groups in total. The van der Waals surface area contributed by atoms with E-state index in [9.17, 15) is 14.4 Å². The quantitative estimate of drug-likeness (QED) is 0.523. The van der Waals surface area contributed by atoms with Crippen molar-refractivity contribution in [2.45, 2.75) is 13.0 Å². The first kappa shape index (κ1) is 13.9. The minimum absolute atomic E-state index is 0.129. The van der Waals surface area contributed by atoms with Crippen LogP contribution in [-0.4, -0.2) is 17.8 Å². The topological polar surface area (TPSA) is 72.5 Å². The zero-order valence-electron chi connectivity index (χ0n) is 11.9. The Morgan fingerprint density at radius 2 is 2.00 bits per heavy atom. The number of esters is 1. The van der Waals surface area contributed by atoms with Gasteiger partial charge in [0.05, 0.1) is 12.0 Å². The van der Waals surface area contributed by atoms with Crippen LogP contribution in [0.15, 0.2) is 35.9 Å². The van der Waals surface area contributed by atoms with Crippen molar-refractivity contribution in [1.29, 1.82) is 0 Å². The molecule has 4 rings (SSSR count). The number of fused-ring (bicyclic) bond motifs is 1. The predicted molar refractivity (Wildman–Crippen MR) is 84.6 cm³/mol. The van der Waals surface area contributed by atoms with E-state index >= 15 is 0 Å². The molecular formula is C17H11NO4S. The molecule has 1 aromatic heterocycles. The molecule has 0 saturated carbocycles. The van der Waals surface area contributed by atoms with Crippen LogP contribution in [-0.2, 0) is 20.9 Å². The van der Waals surface area contributed by atoms with Crippen molar-refractivity contribution in [2.24, 2.45) is 0 Å². The van der Waals surface area contributed by atoms with E-state index in [1.807, 2.05) is 24.3 Å². The van der Waals surface area contributed by atoms with E-state index in [4.69, 9.17) is 4.74 Å². The van der Waals surface area contributed by atoms with Gasteiger partial charge in [0.1, 0.15) is 6.61 Å². The van der Waals surface area contributed by atoms with E-state index in [0.29, 0.717) is 17.7 Å². The van der Waals surface area contributed by atoms with Gasteiger partial charge in [-0.15, -0.1) is 11.3 Å². The molecule has 1 fully saturated rings. The molecule has 23 heavy (non-hydrogen) atoms. The number of carbonyl (C=O) groups is 3. The average Bonchev–Trinajstić information content (AvgIpc) is 3.21. The van der Waals surface area contributed by atoms with Crippen molar-refractivity contribution in [2.75, 3.05) is 0 Å². The first-order valence-corrected chi connectivity index (χ1v) is 7.87. The third kappa shape index (κ3) is 2.47. The van der Waals surface area contributed by atoms with E-state index in [-0.39, 0.29) is 24.2 Å². The maximum absolute atomic E-state index is 11.6. The molecule has 1 aromatic carbocycles. The van der Waals surface area contributed by atoms with Gasteiger partial charge in [-0.2, -0.15) is 0 Å². The number of thiophene rings is 1. The standard InChI is InChI=1S/C17H11NO4S/c19-15-7-10(16(20)18-15)6-12-2-4-14(23-12)9-1-3-13-11(5-9)8-22-17(13)21/h1-6H,7-8H2,(H,18,19,20)/b10-6+. The third-order valence-corrected chi connectivity index (χ3v) is 4.89. The Hall–Kier alpha value is -2.73. The van der Waals surface area contributed by atoms with Gasteiger partial charge in [0.15, 0.2) is 0 Å². The van der Waals surface area contributed by atoms with Gasteiger partial charge in [-0.3, -0.25) is 14.9 Å². The molecule has 6 heteroatoms. The molecule has 114 valence electrons. The largest absolute Gasteiger partial charge is 0.457 e. The summed E-state index contributed by atoms with van der Waals surface area (Å²) >= 11 is 1.53. The minimum Gasteiger partial charge on any atom is -0.457 e. The number of imide groups is 1. The lowest BCUT2D eigenvalue weighted by Crippen LogP contribution is -2.19. The lowest BCUT2D eigenvalue weighted by molar-refractivity contribution is -0.124. The summed E-state index contributed by atoms with van der Waals surface area (Å²) in [6.45, 7) is 0.312. The van der Waals surface area contributed by atoms with Gasteiger partial charge in [0.2, 0.25) is 5.91 Å². The van der Waals surface area contributed by atoms with E-state index in [2.05, 4.69) is 5.32 Å². The van der Waals surface area contributed by atoms with E-state index in [0.717, 1.165) is 20.9 Å². The molecule has 1 saturated heterocycles. The minimum atomic E-state index is -0.321. The summed E-state index contributed by atoms with van der Waals surface area (Å²) in [6, 6.07) is 9.50. The second kappa shape index (κ2) is 5.17. The van der Waals surface area contributed by atoms with Crippen LogP contribution < -0.4 is 5.32 Å². The van der Waals surface area contributed by atoms with Crippen LogP contribution in [0.5, 0.6) is 0 Å². The number of nitrogens with one attached hydrogen (secondary N) is 1. The van der Waals surface area contributed by atoms with Gasteiger partial charge < -0.3 is 4.74 Å². The number of ether oxygens (including phenoxy) is 1. The zero-order chi connectivity index (χ0) is 16.0. The van der Waals surface area contributed by atoms with Crippen molar-refractivity contribution in [3.8, 4) is 10.4 Å². The summed E-state index contributed by atoms with van der Waals surface area (Å²) in [5.74, 6) is -0.862. The van der Waals surface area contributed by atoms with Crippen LogP contribution in [0.25, 0.3) is 16.5 Å². The molecule has 2 aromatic rings. The molecule has 0 atom stereocenters. The Bertz CT molecular complexity index is 894. The Balaban J connectivity index is 1.64. The zero-order valence-corrected chi connectivity index (χ0v) is 12.7. The number of hydrogen-bond donors (Lipinski definition) is 1. The highest BCUT2D eigenvalue weighted by atomic mass is 32.1. The van der Waals surface area contributed by atoms with Crippen LogP contribution >= 0.6 is 11.3 Å². The second-order valence-electron chi connectivity index (χ2n) is 5.37. The Kier molecular flexibility index (Phi) is 3.12. The first-order chi connectivity index (χ1) is 11.1. The number of cyclic esters (lactones) is 1. The fourth-order valence-electron chi connectivity index (χ4n) is 2.66. The molecule has 2 amide bonds. The lowest BCUT2D eigenvalue weighted by atomic mass is 10.1. The van der Waals surface area contributed by atoms with Crippen molar-refractivity contribution < 1.29 is 19.1 Å². The van der Waals surface area contributed by atoms with Gasteiger partial charge in [-0.25, -0.2) is 4.79 Å². The van der Waals surface area contributed by atoms with E-state index in [1.54, 1.807) is 12.1 Å². The molecule has 2 aliphatic rings. The van der Waals surface area contributed by atoms with Crippen LogP contribution in [0, 0.1) is 0 Å². The SMILES string of the molecule is O=C1C/C(=C\c2ccc(-c3ccc4c(c3)COC4=O)s2)C(=O)N1. The number of rotatable bonds is 2. The molecule has 0 bridgehead atoms. The fourth-order valence-corrected chi connectivity index (χ4v) is 3.64. The van der Waals surface area contributed by atoms with Crippen LogP contribution in [0.4, 0.5) is 0 Å². The average molecular weight is 325 g/mol. The maximum Gasteiger partial charge on any atom is 0.338 e. The van der Waals surface area contributed by atoms with Gasteiger partial charge in [0, 0.05) is 20.9 Å². The molecule has 2 aliphatic heterocycles. The highest BCUT2D eigenvalue weighted by molar-refractivity contribution is 7.16. The number of carbonyl (C=O) groups excluding carboxylic acids is 3. The summed E-state index contributed by atoms with van der Waals surface area (Å²) in [4.78, 5) is 36.2. The summed E-state index contributed by atoms with van der Waals surface area (Å²) in [5.41, 5.74) is 3.00. The summed E-state index contributed by atoms with van der Waals surface area (Å²) in [7, 11) is 0. The van der Waals surface area contributed by atoms with Crippen molar-refractivity contribution in [3.63, 3.8) is 0 Å². The Morgan fingerprint density at radius 1 is 1.13 bits per heavy atom. The number of amides is 2. The monoisotopic (exact) mass is 325 g/mol. The third-order valence-electron chi connectivity index (χ3n) is 3.81. The Morgan fingerprint density at radius 3 is 2.78 bits per heavy atom. The lowest BCUT2D eigenvalue weighted by Gasteiger charge is -1.99. The normalized spacial score (nSPS) is 18.3. The van der Waals surface area contributed by atoms with Crippen molar-refractivity contribution in [1.82, 2.24) is 5.32 Å². The van der Waals surface area contributed by atoms with E-state index < -0.39 is 0 Å². The van der Waals surface area contributed by atoms with Gasteiger partial charge in [-0.05, 0) is 35.9 Å². The van der Waals surface area contributed by atoms with Gasteiger partial charge in [-0.1, -0.05) is 6.07 Å². The number of benzene rings is 1. The maximum atomic E-state index is 11.6. The molecular weight excluding hydrogens is 314 g/mol. The molecule has 5 nitrogen and oxygen atoms in total. The second-order valence-corrected chi connectivity index (χ2v) is 6.49. The van der Waals surface area contributed by atoms with Crippen LogP contribution in [0.3, 0.4) is 0 Å². The van der Waals surface area contributed by atoms with Crippen LogP contribution in [0.1, 0.15) is 27.2 Å². The molecule has 3 heterocycles. The summed E-state index contributed by atoms with van der Waals surface area (Å²) in [6.07, 6.45) is 1.87. The molecule has 0 aliphatic carbocycles. The van der Waals surface area contributed by atoms with E-state index in [1.165, 1.54) is 11.3 Å². The predicted octanol–water partition coefficient (Wildman–Crippen LogP) is 2.52.